The minimum Gasteiger partial charge on any atom is -0.315 e. The van der Waals surface area contributed by atoms with Gasteiger partial charge in [-0.1, -0.05) is 50.3 Å². The van der Waals surface area contributed by atoms with E-state index < -0.39 is 0 Å². The summed E-state index contributed by atoms with van der Waals surface area (Å²) in [5.74, 6) is 0.582. The molecule has 0 heterocycles. The van der Waals surface area contributed by atoms with Gasteiger partial charge in [0.05, 0.1) is 0 Å². The summed E-state index contributed by atoms with van der Waals surface area (Å²) in [6.07, 6.45) is 8.89. The van der Waals surface area contributed by atoms with Gasteiger partial charge in [0.25, 0.3) is 0 Å². The first-order chi connectivity index (χ1) is 12.1. The predicted molar refractivity (Wildman–Crippen MR) is 105 cm³/mol. The first-order valence-corrected chi connectivity index (χ1v) is 9.50. The monoisotopic (exact) mass is 357 g/mol. The summed E-state index contributed by atoms with van der Waals surface area (Å²) < 4.78 is 13.3. The molecule has 3 heteroatoms. The van der Waals surface area contributed by atoms with Crippen LogP contribution >= 0.6 is 11.6 Å². The maximum Gasteiger partial charge on any atom is 0.123 e. The topological polar surface area (TPSA) is 3.24 Å². The van der Waals surface area contributed by atoms with Crippen molar-refractivity contribution in [2.45, 2.75) is 44.9 Å². The molecule has 0 spiro atoms. The Morgan fingerprint density at radius 3 is 2.12 bits per heavy atom. The number of nitrogens with zero attached hydrogens (tertiary/aromatic N) is 1. The van der Waals surface area contributed by atoms with E-state index in [1.807, 2.05) is 24.3 Å². The van der Waals surface area contributed by atoms with Crippen molar-refractivity contribution in [2.75, 3.05) is 4.90 Å². The molecule has 132 valence electrons. The van der Waals surface area contributed by atoms with Crippen LogP contribution in [0.1, 0.15) is 44.9 Å². The molecule has 0 radical (unpaired) electrons. The fourth-order valence-electron chi connectivity index (χ4n) is 3.65. The lowest BCUT2D eigenvalue weighted by atomic mass is 9.86. The molecular weight excluding hydrogens is 333 g/mol. The summed E-state index contributed by atoms with van der Waals surface area (Å²) in [6, 6.07) is 14.3. The number of hydrogen-bond acceptors (Lipinski definition) is 1. The molecule has 0 saturated heterocycles. The number of hydrogen-bond donors (Lipinski definition) is 0. The number of allylic oxidation sites excluding steroid dienone is 1. The Morgan fingerprint density at radius 1 is 0.960 bits per heavy atom. The number of anilines is 2. The minimum atomic E-state index is -0.229. The van der Waals surface area contributed by atoms with Gasteiger partial charge in [0.15, 0.2) is 0 Å². The fourth-order valence-corrected chi connectivity index (χ4v) is 3.78. The van der Waals surface area contributed by atoms with E-state index in [0.29, 0.717) is 5.02 Å². The molecule has 0 aromatic heterocycles. The first kappa shape index (κ1) is 18.0. The first-order valence-electron chi connectivity index (χ1n) is 9.12. The predicted octanol–water partition coefficient (Wildman–Crippen LogP) is 7.49. The van der Waals surface area contributed by atoms with Gasteiger partial charge in [0.2, 0.25) is 0 Å². The molecule has 2 aromatic rings. The highest BCUT2D eigenvalue weighted by atomic mass is 35.5. The molecule has 1 nitrogen and oxygen atoms in total. The third-order valence-electron chi connectivity index (χ3n) is 5.05. The van der Waals surface area contributed by atoms with Crippen molar-refractivity contribution in [3.05, 3.63) is 71.6 Å². The molecule has 1 fully saturated rings. The largest absolute Gasteiger partial charge is 0.315 e. The Balaban J connectivity index is 1.78. The van der Waals surface area contributed by atoms with Crippen LogP contribution in [0.4, 0.5) is 15.8 Å². The third kappa shape index (κ3) is 4.85. The summed E-state index contributed by atoms with van der Waals surface area (Å²) in [4.78, 5) is 2.11. The van der Waals surface area contributed by atoms with Crippen molar-refractivity contribution in [3.8, 4) is 0 Å². The van der Waals surface area contributed by atoms with Crippen LogP contribution in [-0.2, 0) is 0 Å². The van der Waals surface area contributed by atoms with Crippen molar-refractivity contribution in [2.24, 2.45) is 5.92 Å². The minimum absolute atomic E-state index is 0.229. The normalized spacial score (nSPS) is 15.1. The van der Waals surface area contributed by atoms with Crippen molar-refractivity contribution in [1.29, 1.82) is 0 Å². The summed E-state index contributed by atoms with van der Waals surface area (Å²) in [7, 11) is 0. The second-order valence-electron chi connectivity index (χ2n) is 6.90. The summed E-state index contributed by atoms with van der Waals surface area (Å²) in [5.41, 5.74) is 2.97. The smallest absolute Gasteiger partial charge is 0.123 e. The van der Waals surface area contributed by atoms with Crippen LogP contribution in [0, 0.1) is 11.7 Å². The second-order valence-corrected chi connectivity index (χ2v) is 7.33. The molecule has 0 atom stereocenters. The summed E-state index contributed by atoms with van der Waals surface area (Å²) in [5, 5.41) is 0.704. The average Bonchev–Trinajstić information content (AvgIpc) is 2.64. The molecule has 0 aliphatic heterocycles. The van der Waals surface area contributed by atoms with E-state index in [1.54, 1.807) is 12.1 Å². The Labute approximate surface area is 155 Å². The molecule has 1 saturated carbocycles. The van der Waals surface area contributed by atoms with E-state index in [-0.39, 0.29) is 5.82 Å². The van der Waals surface area contributed by atoms with Crippen LogP contribution in [0.15, 0.2) is 60.8 Å². The number of rotatable bonds is 6. The Hall–Kier alpha value is -1.80. The highest BCUT2D eigenvalue weighted by Crippen LogP contribution is 2.34. The lowest BCUT2D eigenvalue weighted by Gasteiger charge is -2.29. The molecule has 1 aliphatic rings. The van der Waals surface area contributed by atoms with Gasteiger partial charge >= 0.3 is 0 Å². The zero-order valence-electron chi connectivity index (χ0n) is 14.6. The molecule has 3 rings (SSSR count). The third-order valence-corrected chi connectivity index (χ3v) is 5.30. The van der Waals surface area contributed by atoms with E-state index in [4.69, 9.17) is 11.6 Å². The van der Waals surface area contributed by atoms with E-state index >= 15 is 0 Å². The summed E-state index contributed by atoms with van der Waals surface area (Å²) in [6.45, 7) is 4.34. The van der Waals surface area contributed by atoms with Crippen LogP contribution in [-0.4, -0.2) is 0 Å². The molecule has 0 amide bonds. The van der Waals surface area contributed by atoms with Crippen molar-refractivity contribution < 1.29 is 4.39 Å². The average molecular weight is 358 g/mol. The van der Waals surface area contributed by atoms with E-state index in [9.17, 15) is 4.39 Å². The Bertz CT molecular complexity index is 641. The van der Waals surface area contributed by atoms with E-state index in [2.05, 4.69) is 11.5 Å². The lowest BCUT2D eigenvalue weighted by molar-refractivity contribution is 0.339. The molecule has 0 bridgehead atoms. The number of benzene rings is 2. The standard InChI is InChI=1S/C22H25ClFN/c1-17(7-8-18-5-3-2-4-6-18)25(21-13-9-19(23)10-14-21)22-15-11-20(24)12-16-22/h9-16,18H,1-8H2. The maximum atomic E-state index is 13.3. The zero-order chi connectivity index (χ0) is 17.6. The molecule has 1 aliphatic carbocycles. The lowest BCUT2D eigenvalue weighted by Crippen LogP contribution is -2.17. The maximum absolute atomic E-state index is 13.3. The quantitative estimate of drug-likeness (QED) is 0.517. The molecule has 25 heavy (non-hydrogen) atoms. The van der Waals surface area contributed by atoms with Crippen LogP contribution < -0.4 is 4.90 Å². The highest BCUT2D eigenvalue weighted by Gasteiger charge is 2.17. The SMILES string of the molecule is C=C(CCC1CCCCC1)N(c1ccc(F)cc1)c1ccc(Cl)cc1. The van der Waals surface area contributed by atoms with Crippen LogP contribution in [0.5, 0.6) is 0 Å². The van der Waals surface area contributed by atoms with Crippen LogP contribution in [0.25, 0.3) is 0 Å². The molecule has 0 N–H and O–H groups in total. The van der Waals surface area contributed by atoms with Crippen LogP contribution in [0.3, 0.4) is 0 Å². The van der Waals surface area contributed by atoms with Gasteiger partial charge in [-0.2, -0.15) is 0 Å². The summed E-state index contributed by atoms with van der Waals surface area (Å²) >= 11 is 6.03. The van der Waals surface area contributed by atoms with Gasteiger partial charge < -0.3 is 4.90 Å². The Kier molecular flexibility index (Phi) is 6.14. The molecule has 2 aromatic carbocycles. The molecule has 0 unspecified atom stereocenters. The van der Waals surface area contributed by atoms with Gasteiger partial charge in [-0.25, -0.2) is 4.39 Å². The van der Waals surface area contributed by atoms with Gasteiger partial charge in [-0.3, -0.25) is 0 Å². The van der Waals surface area contributed by atoms with E-state index in [1.165, 1.54) is 50.7 Å². The zero-order valence-corrected chi connectivity index (χ0v) is 15.3. The van der Waals surface area contributed by atoms with Gasteiger partial charge in [-0.05, 0) is 67.3 Å². The molecular formula is C22H25ClFN. The fraction of sp³-hybridized carbons (Fsp3) is 0.364. The number of halogens is 2. The van der Waals surface area contributed by atoms with Gasteiger partial charge in [-0.15, -0.1) is 0 Å². The van der Waals surface area contributed by atoms with Gasteiger partial charge in [0, 0.05) is 22.1 Å². The second kappa shape index (κ2) is 8.53. The van der Waals surface area contributed by atoms with Crippen molar-refractivity contribution >= 4 is 23.0 Å². The van der Waals surface area contributed by atoms with Crippen molar-refractivity contribution in [1.82, 2.24) is 0 Å². The van der Waals surface area contributed by atoms with Crippen LogP contribution in [0.2, 0.25) is 5.02 Å². The highest BCUT2D eigenvalue weighted by molar-refractivity contribution is 6.30. The van der Waals surface area contributed by atoms with Gasteiger partial charge in [0.1, 0.15) is 5.82 Å². The Morgan fingerprint density at radius 2 is 1.52 bits per heavy atom. The van der Waals surface area contributed by atoms with Crippen molar-refractivity contribution in [3.63, 3.8) is 0 Å². The van der Waals surface area contributed by atoms with E-state index in [0.717, 1.165) is 29.4 Å².